The van der Waals surface area contributed by atoms with Crippen LogP contribution in [0.1, 0.15) is 41.7 Å². The molecule has 0 unspecified atom stereocenters. The maximum absolute atomic E-state index is 12.3. The predicted molar refractivity (Wildman–Crippen MR) is 146 cm³/mol. The van der Waals surface area contributed by atoms with E-state index in [2.05, 4.69) is 45.0 Å². The lowest BCUT2D eigenvalue weighted by Gasteiger charge is -2.11. The summed E-state index contributed by atoms with van der Waals surface area (Å²) in [6.07, 6.45) is 0.846. The minimum absolute atomic E-state index is 0.116. The average Bonchev–Trinajstić information content (AvgIpc) is 2.93. The quantitative estimate of drug-likeness (QED) is 0.288. The van der Waals surface area contributed by atoms with E-state index in [1.54, 1.807) is 6.07 Å². The molecular formula is C29H32N4O4. The fourth-order valence-electron chi connectivity index (χ4n) is 3.61. The highest BCUT2D eigenvalue weighted by Gasteiger charge is 2.17. The van der Waals surface area contributed by atoms with E-state index in [4.69, 9.17) is 14.5 Å². The van der Waals surface area contributed by atoms with Crippen LogP contribution < -0.4 is 5.32 Å². The van der Waals surface area contributed by atoms with Gasteiger partial charge in [-0.15, -0.1) is 0 Å². The molecular weight excluding hydrogens is 468 g/mol. The highest BCUT2D eigenvalue weighted by molar-refractivity contribution is 6.47. The first-order valence-corrected chi connectivity index (χ1v) is 12.0. The Balaban J connectivity index is 1.77. The Bertz CT molecular complexity index is 1250. The van der Waals surface area contributed by atoms with Crippen molar-refractivity contribution in [1.29, 1.82) is 0 Å². The molecule has 1 N–H and O–H groups in total. The van der Waals surface area contributed by atoms with Crippen LogP contribution >= 0.6 is 0 Å². The highest BCUT2D eigenvalue weighted by Crippen LogP contribution is 2.15. The summed E-state index contributed by atoms with van der Waals surface area (Å²) in [4.78, 5) is 28.2. The van der Waals surface area contributed by atoms with Crippen molar-refractivity contribution in [3.63, 3.8) is 0 Å². The van der Waals surface area contributed by atoms with Gasteiger partial charge >= 0.3 is 0 Å². The average molecular weight is 501 g/mol. The second kappa shape index (κ2) is 14.2. The summed E-state index contributed by atoms with van der Waals surface area (Å²) >= 11 is 0. The van der Waals surface area contributed by atoms with Gasteiger partial charge in [0.1, 0.15) is 31.7 Å². The first kappa shape index (κ1) is 27.1. The zero-order chi connectivity index (χ0) is 26.5. The van der Waals surface area contributed by atoms with E-state index >= 15 is 0 Å². The maximum atomic E-state index is 12.3. The van der Waals surface area contributed by atoms with Gasteiger partial charge in [-0.2, -0.15) is 0 Å². The molecule has 3 aromatic rings. The third kappa shape index (κ3) is 7.76. The zero-order valence-corrected chi connectivity index (χ0v) is 21.6. The van der Waals surface area contributed by atoms with Crippen molar-refractivity contribution in [2.24, 2.45) is 15.5 Å². The molecule has 3 aromatic carbocycles. The molecule has 8 nitrogen and oxygen atoms in total. The first-order valence-electron chi connectivity index (χ1n) is 12.0. The Morgan fingerprint density at radius 1 is 0.811 bits per heavy atom. The van der Waals surface area contributed by atoms with E-state index in [0.29, 0.717) is 23.6 Å². The lowest BCUT2D eigenvalue weighted by molar-refractivity contribution is -0.114. The lowest BCUT2D eigenvalue weighted by atomic mass is 10.0. The second-order valence-corrected chi connectivity index (χ2v) is 8.03. The first-order chi connectivity index (χ1) is 18.1. The SMILES string of the molecule is CCO/N=C(/C(C)=N/OCc1ccccc1C(=NOC)C(=O)NC)c1ccc(Cc2ccccc2)cc1. The standard InChI is InChI=1S/C29H32N4O4/c1-5-36-33-27(24-17-15-23(16-18-24)19-22-11-7-6-8-12-22)21(2)31-37-20-25-13-9-10-14-26(25)28(32-35-4)29(34)30-3/h6-18H,5,19-20H2,1-4H3,(H,30,34)/b31-21+,32-28?,33-27-. The maximum Gasteiger partial charge on any atom is 0.273 e. The summed E-state index contributed by atoms with van der Waals surface area (Å²) in [5, 5.41) is 15.0. The number of hydrogen-bond donors (Lipinski definition) is 1. The molecule has 192 valence electrons. The van der Waals surface area contributed by atoms with Gasteiger partial charge in [-0.05, 0) is 31.4 Å². The van der Waals surface area contributed by atoms with Gasteiger partial charge in [0.05, 0.1) is 0 Å². The minimum Gasteiger partial charge on any atom is -0.398 e. The van der Waals surface area contributed by atoms with Crippen molar-refractivity contribution in [2.45, 2.75) is 26.9 Å². The van der Waals surface area contributed by atoms with Crippen molar-refractivity contribution in [1.82, 2.24) is 5.32 Å². The Hall–Kier alpha value is -4.46. The summed E-state index contributed by atoms with van der Waals surface area (Å²) in [5.41, 5.74) is 5.91. The molecule has 37 heavy (non-hydrogen) atoms. The number of carbonyl (C=O) groups excluding carboxylic acids is 1. The molecule has 0 aliphatic rings. The van der Waals surface area contributed by atoms with E-state index in [9.17, 15) is 4.79 Å². The van der Waals surface area contributed by atoms with Crippen molar-refractivity contribution in [3.05, 3.63) is 107 Å². The van der Waals surface area contributed by atoms with Gasteiger partial charge in [0, 0.05) is 23.7 Å². The normalized spacial score (nSPS) is 12.2. The summed E-state index contributed by atoms with van der Waals surface area (Å²) < 4.78 is 0. The van der Waals surface area contributed by atoms with Gasteiger partial charge in [-0.25, -0.2) is 0 Å². The second-order valence-electron chi connectivity index (χ2n) is 8.03. The number of oxime groups is 3. The molecule has 0 saturated heterocycles. The minimum atomic E-state index is -0.365. The molecule has 0 atom stereocenters. The Morgan fingerprint density at radius 3 is 2.16 bits per heavy atom. The number of likely N-dealkylation sites (N-methyl/N-ethyl adjacent to an activating group) is 1. The van der Waals surface area contributed by atoms with E-state index in [0.717, 1.165) is 17.5 Å². The highest BCUT2D eigenvalue weighted by atomic mass is 16.6. The van der Waals surface area contributed by atoms with Crippen LogP contribution in [-0.4, -0.2) is 43.8 Å². The van der Waals surface area contributed by atoms with Crippen LogP contribution in [0.4, 0.5) is 0 Å². The molecule has 0 spiro atoms. The third-order valence-electron chi connectivity index (χ3n) is 5.42. The number of nitrogens with one attached hydrogen (secondary N) is 1. The smallest absolute Gasteiger partial charge is 0.273 e. The van der Waals surface area contributed by atoms with E-state index < -0.39 is 0 Å². The monoisotopic (exact) mass is 500 g/mol. The Kier molecular flexibility index (Phi) is 10.4. The number of hydrogen-bond acceptors (Lipinski definition) is 7. The molecule has 0 bridgehead atoms. The largest absolute Gasteiger partial charge is 0.398 e. The molecule has 0 heterocycles. The van der Waals surface area contributed by atoms with Gasteiger partial charge in [-0.3, -0.25) is 4.79 Å². The van der Waals surface area contributed by atoms with E-state index in [-0.39, 0.29) is 18.2 Å². The summed E-state index contributed by atoms with van der Waals surface area (Å²) in [5.74, 6) is -0.365. The summed E-state index contributed by atoms with van der Waals surface area (Å²) in [7, 11) is 2.93. The molecule has 0 aromatic heterocycles. The topological polar surface area (TPSA) is 93.9 Å². The zero-order valence-electron chi connectivity index (χ0n) is 21.6. The molecule has 0 fully saturated rings. The van der Waals surface area contributed by atoms with E-state index in [1.165, 1.54) is 25.3 Å². The molecule has 0 aliphatic carbocycles. The predicted octanol–water partition coefficient (Wildman–Crippen LogP) is 4.71. The van der Waals surface area contributed by atoms with Crippen LogP contribution in [0.2, 0.25) is 0 Å². The van der Waals surface area contributed by atoms with Crippen LogP contribution in [-0.2, 0) is 32.3 Å². The van der Waals surface area contributed by atoms with Gasteiger partial charge < -0.3 is 19.8 Å². The van der Waals surface area contributed by atoms with Crippen LogP contribution in [0.3, 0.4) is 0 Å². The van der Waals surface area contributed by atoms with Crippen LogP contribution in [0.5, 0.6) is 0 Å². The van der Waals surface area contributed by atoms with Gasteiger partial charge in [0.25, 0.3) is 5.91 Å². The van der Waals surface area contributed by atoms with E-state index in [1.807, 2.05) is 62.4 Å². The Labute approximate surface area is 217 Å². The van der Waals surface area contributed by atoms with Crippen LogP contribution in [0.15, 0.2) is 94.3 Å². The molecule has 0 aliphatic heterocycles. The van der Waals surface area contributed by atoms with Crippen molar-refractivity contribution in [3.8, 4) is 0 Å². The molecule has 0 radical (unpaired) electrons. The molecule has 3 rings (SSSR count). The number of amides is 1. The van der Waals surface area contributed by atoms with Crippen molar-refractivity contribution in [2.75, 3.05) is 20.8 Å². The number of carbonyl (C=O) groups is 1. The number of benzene rings is 3. The number of rotatable bonds is 12. The molecule has 0 saturated carbocycles. The van der Waals surface area contributed by atoms with Crippen molar-refractivity contribution >= 4 is 23.0 Å². The fraction of sp³-hybridized carbons (Fsp3) is 0.241. The molecule has 1 amide bonds. The number of nitrogens with zero attached hydrogens (tertiary/aromatic N) is 3. The van der Waals surface area contributed by atoms with Gasteiger partial charge in [0.15, 0.2) is 5.71 Å². The summed E-state index contributed by atoms with van der Waals surface area (Å²) in [6, 6.07) is 25.8. The Morgan fingerprint density at radius 2 is 1.49 bits per heavy atom. The van der Waals surface area contributed by atoms with Gasteiger partial charge in [0.2, 0.25) is 0 Å². The molecule has 8 heteroatoms. The lowest BCUT2D eigenvalue weighted by Crippen LogP contribution is -2.29. The van der Waals surface area contributed by atoms with Crippen molar-refractivity contribution < 1.29 is 19.3 Å². The summed E-state index contributed by atoms with van der Waals surface area (Å²) in [6.45, 7) is 4.23. The van der Waals surface area contributed by atoms with Gasteiger partial charge in [-0.1, -0.05) is 94.3 Å². The third-order valence-corrected chi connectivity index (χ3v) is 5.42. The van der Waals surface area contributed by atoms with Crippen LogP contribution in [0.25, 0.3) is 0 Å². The van der Waals surface area contributed by atoms with Crippen LogP contribution in [0, 0.1) is 0 Å². The fourth-order valence-corrected chi connectivity index (χ4v) is 3.61.